The van der Waals surface area contributed by atoms with E-state index >= 15 is 0 Å². The Morgan fingerprint density at radius 2 is 1.47 bits per heavy atom. The molecule has 0 bridgehead atoms. The van der Waals surface area contributed by atoms with Crippen molar-refractivity contribution in [3.8, 4) is 23.0 Å². The van der Waals surface area contributed by atoms with E-state index in [-0.39, 0.29) is 11.8 Å². The van der Waals surface area contributed by atoms with Gasteiger partial charge in [-0.05, 0) is 81.2 Å². The minimum Gasteiger partial charge on any atom is -0.495 e. The maximum atomic E-state index is 12.8. The first-order valence-corrected chi connectivity index (χ1v) is 10.9. The van der Waals surface area contributed by atoms with Crippen LogP contribution in [0.25, 0.3) is 0 Å². The van der Waals surface area contributed by atoms with Crippen molar-refractivity contribution in [3.05, 3.63) is 41.5 Å². The smallest absolute Gasteiger partial charge is 0.227 e. The molecule has 1 aliphatic rings. The van der Waals surface area contributed by atoms with Gasteiger partial charge in [-0.1, -0.05) is 6.07 Å². The first-order valence-electron chi connectivity index (χ1n) is 10.9. The van der Waals surface area contributed by atoms with Crippen molar-refractivity contribution in [1.82, 2.24) is 4.90 Å². The second kappa shape index (κ2) is 11.1. The number of nitrogens with one attached hydrogen (secondary N) is 1. The Kier molecular flexibility index (Phi) is 8.22. The van der Waals surface area contributed by atoms with Gasteiger partial charge in [-0.3, -0.25) is 4.79 Å². The minimum atomic E-state index is 0.0405. The van der Waals surface area contributed by atoms with Gasteiger partial charge in [0.2, 0.25) is 11.7 Å². The van der Waals surface area contributed by atoms with Crippen LogP contribution < -0.4 is 24.3 Å². The summed E-state index contributed by atoms with van der Waals surface area (Å²) in [6, 6.07) is 9.88. The molecule has 2 aromatic carbocycles. The first kappa shape index (κ1) is 23.7. The number of likely N-dealkylation sites (tertiary alicyclic amines) is 1. The second-order valence-electron chi connectivity index (χ2n) is 8.14. The van der Waals surface area contributed by atoms with Crippen LogP contribution in [0.2, 0.25) is 0 Å². The molecule has 0 spiro atoms. The third-order valence-electron chi connectivity index (χ3n) is 6.04. The number of carbonyl (C=O) groups is 1. The van der Waals surface area contributed by atoms with Gasteiger partial charge < -0.3 is 29.2 Å². The molecule has 32 heavy (non-hydrogen) atoms. The van der Waals surface area contributed by atoms with E-state index in [1.165, 1.54) is 0 Å². The van der Waals surface area contributed by atoms with Crippen LogP contribution >= 0.6 is 0 Å². The Labute approximate surface area is 190 Å². The zero-order valence-corrected chi connectivity index (χ0v) is 19.7. The fraction of sp³-hybridized carbons (Fsp3) is 0.480. The van der Waals surface area contributed by atoms with Crippen LogP contribution in [0.1, 0.15) is 24.0 Å². The predicted octanol–water partition coefficient (Wildman–Crippen LogP) is 3.79. The zero-order chi connectivity index (χ0) is 23.1. The largest absolute Gasteiger partial charge is 0.495 e. The van der Waals surface area contributed by atoms with Gasteiger partial charge >= 0.3 is 0 Å². The Hall–Kier alpha value is -2.93. The van der Waals surface area contributed by atoms with E-state index in [1.54, 1.807) is 28.4 Å². The van der Waals surface area contributed by atoms with E-state index < -0.39 is 0 Å². The summed E-state index contributed by atoms with van der Waals surface area (Å²) in [6.07, 6.45) is 3.34. The van der Waals surface area contributed by atoms with Crippen molar-refractivity contribution in [1.29, 1.82) is 0 Å². The standard InChI is InChI=1S/C25H34N2O5/c1-27-12-10-19(11-13-27)25(28)26-20-14-17(8-9-21(20)29-2)6-7-18-15-22(30-3)24(32-5)23(16-18)31-4/h8-9,14-16,19H,6-7,10-13H2,1-5H3,(H,26,28). The summed E-state index contributed by atoms with van der Waals surface area (Å²) in [5.74, 6) is 2.65. The quantitative estimate of drug-likeness (QED) is 0.637. The highest BCUT2D eigenvalue weighted by molar-refractivity contribution is 5.94. The number of aryl methyl sites for hydroxylation is 2. The van der Waals surface area contributed by atoms with E-state index in [9.17, 15) is 4.79 Å². The lowest BCUT2D eigenvalue weighted by Crippen LogP contribution is -2.36. The lowest BCUT2D eigenvalue weighted by molar-refractivity contribution is -0.121. The number of ether oxygens (including phenoxy) is 4. The number of hydrogen-bond acceptors (Lipinski definition) is 6. The van der Waals surface area contributed by atoms with Crippen molar-refractivity contribution in [2.45, 2.75) is 25.7 Å². The number of hydrogen-bond donors (Lipinski definition) is 1. The average molecular weight is 443 g/mol. The molecule has 1 N–H and O–H groups in total. The molecule has 0 aliphatic carbocycles. The number of benzene rings is 2. The Balaban J connectivity index is 1.72. The molecule has 0 unspecified atom stereocenters. The Bertz CT molecular complexity index is 898. The molecule has 1 amide bonds. The second-order valence-corrected chi connectivity index (χ2v) is 8.14. The number of amides is 1. The van der Waals surface area contributed by atoms with Crippen molar-refractivity contribution < 1.29 is 23.7 Å². The summed E-state index contributed by atoms with van der Waals surface area (Å²) in [5, 5.41) is 3.10. The molecular formula is C25H34N2O5. The molecule has 0 atom stereocenters. The highest BCUT2D eigenvalue weighted by Gasteiger charge is 2.24. The topological polar surface area (TPSA) is 69.3 Å². The Morgan fingerprint density at radius 1 is 0.875 bits per heavy atom. The van der Waals surface area contributed by atoms with Crippen molar-refractivity contribution >= 4 is 11.6 Å². The molecule has 3 rings (SSSR count). The van der Waals surface area contributed by atoms with Gasteiger partial charge in [0.1, 0.15) is 5.75 Å². The summed E-state index contributed by atoms with van der Waals surface area (Å²) in [6.45, 7) is 1.90. The summed E-state index contributed by atoms with van der Waals surface area (Å²) in [5.41, 5.74) is 2.91. The minimum absolute atomic E-state index is 0.0405. The van der Waals surface area contributed by atoms with Crippen LogP contribution in [0.3, 0.4) is 0 Å². The van der Waals surface area contributed by atoms with Gasteiger partial charge in [0.25, 0.3) is 0 Å². The lowest BCUT2D eigenvalue weighted by Gasteiger charge is -2.28. The number of piperidine rings is 1. The van der Waals surface area contributed by atoms with Crippen LogP contribution in [0.5, 0.6) is 23.0 Å². The molecule has 7 nitrogen and oxygen atoms in total. The molecule has 0 saturated carbocycles. The molecule has 1 heterocycles. The third-order valence-corrected chi connectivity index (χ3v) is 6.04. The number of carbonyl (C=O) groups excluding carboxylic acids is 1. The van der Waals surface area contributed by atoms with E-state index in [0.717, 1.165) is 55.6 Å². The molecule has 0 radical (unpaired) electrons. The molecule has 174 valence electrons. The van der Waals surface area contributed by atoms with Gasteiger partial charge in [-0.25, -0.2) is 0 Å². The SMILES string of the molecule is COc1ccc(CCc2cc(OC)c(OC)c(OC)c2)cc1NC(=O)C1CCN(C)CC1. The number of anilines is 1. The number of methoxy groups -OCH3 is 4. The van der Waals surface area contributed by atoms with Gasteiger partial charge in [-0.15, -0.1) is 0 Å². The summed E-state index contributed by atoms with van der Waals surface area (Å²) < 4.78 is 21.8. The van der Waals surface area contributed by atoms with Crippen LogP contribution in [-0.2, 0) is 17.6 Å². The fourth-order valence-corrected chi connectivity index (χ4v) is 4.08. The molecule has 7 heteroatoms. The van der Waals surface area contributed by atoms with Crippen LogP contribution in [0, 0.1) is 5.92 Å². The normalized spacial score (nSPS) is 14.7. The van der Waals surface area contributed by atoms with Crippen LogP contribution in [0.15, 0.2) is 30.3 Å². The number of rotatable bonds is 9. The van der Waals surface area contributed by atoms with Crippen LogP contribution in [0.4, 0.5) is 5.69 Å². The zero-order valence-electron chi connectivity index (χ0n) is 19.7. The molecule has 0 aromatic heterocycles. The van der Waals surface area contributed by atoms with Crippen LogP contribution in [-0.4, -0.2) is 59.4 Å². The first-order chi connectivity index (χ1) is 15.5. The maximum absolute atomic E-state index is 12.8. The summed E-state index contributed by atoms with van der Waals surface area (Å²) in [7, 11) is 8.54. The maximum Gasteiger partial charge on any atom is 0.227 e. The average Bonchev–Trinajstić information content (AvgIpc) is 2.82. The number of nitrogens with zero attached hydrogens (tertiary/aromatic N) is 1. The monoisotopic (exact) mass is 442 g/mol. The Morgan fingerprint density at radius 3 is 2.03 bits per heavy atom. The van der Waals surface area contributed by atoms with E-state index in [1.807, 2.05) is 30.3 Å². The fourth-order valence-electron chi connectivity index (χ4n) is 4.08. The highest BCUT2D eigenvalue weighted by Crippen LogP contribution is 2.38. The van der Waals surface area contributed by atoms with Gasteiger partial charge in [0, 0.05) is 5.92 Å². The molecule has 2 aromatic rings. The van der Waals surface area contributed by atoms with E-state index in [2.05, 4.69) is 17.3 Å². The summed E-state index contributed by atoms with van der Waals surface area (Å²) >= 11 is 0. The van der Waals surface area contributed by atoms with E-state index in [4.69, 9.17) is 18.9 Å². The van der Waals surface area contributed by atoms with Crippen molar-refractivity contribution in [3.63, 3.8) is 0 Å². The molecule has 1 saturated heterocycles. The van der Waals surface area contributed by atoms with Crippen molar-refractivity contribution in [2.24, 2.45) is 5.92 Å². The molecule has 1 fully saturated rings. The van der Waals surface area contributed by atoms with Gasteiger partial charge in [0.05, 0.1) is 34.1 Å². The third kappa shape index (κ3) is 5.65. The molecular weight excluding hydrogens is 408 g/mol. The van der Waals surface area contributed by atoms with E-state index in [0.29, 0.717) is 23.0 Å². The molecule has 1 aliphatic heterocycles. The lowest BCUT2D eigenvalue weighted by atomic mass is 9.96. The van der Waals surface area contributed by atoms with Crippen molar-refractivity contribution in [2.75, 3.05) is 53.9 Å². The highest BCUT2D eigenvalue weighted by atomic mass is 16.5. The predicted molar refractivity (Wildman–Crippen MR) is 125 cm³/mol. The van der Waals surface area contributed by atoms with Gasteiger partial charge in [0.15, 0.2) is 11.5 Å². The summed E-state index contributed by atoms with van der Waals surface area (Å²) in [4.78, 5) is 15.1. The van der Waals surface area contributed by atoms with Gasteiger partial charge in [-0.2, -0.15) is 0 Å².